The molecule has 2 aliphatic carbocycles. The molecule has 0 amide bonds. The van der Waals surface area contributed by atoms with Gasteiger partial charge in [-0.3, -0.25) is 9.59 Å². The average molecular weight is 300 g/mol. The predicted octanol–water partition coefficient (Wildman–Crippen LogP) is 1.10. The zero-order chi connectivity index (χ0) is 16.2. The Morgan fingerprint density at radius 2 is 1.67 bits per heavy atom. The molecule has 0 heterocycles. The largest absolute Gasteiger partial charge is 0.481 e. The number of hydrogen-bond donors (Lipinski definition) is 4. The summed E-state index contributed by atoms with van der Waals surface area (Å²) in [5.74, 6) is -3.80. The Balaban J connectivity index is 2.57. The van der Waals surface area contributed by atoms with Crippen LogP contribution < -0.4 is 0 Å². The van der Waals surface area contributed by atoms with Crippen molar-refractivity contribution >= 4 is 11.9 Å². The molecule has 0 saturated heterocycles. The van der Waals surface area contributed by atoms with Crippen LogP contribution in [0.25, 0.3) is 0 Å². The molecule has 0 aliphatic heterocycles. The Labute approximate surface area is 123 Å². The molecular formula is C15H24O6. The summed E-state index contributed by atoms with van der Waals surface area (Å²) in [7, 11) is 0. The molecule has 0 aromatic carbocycles. The Kier molecular flexibility index (Phi) is 3.62. The number of hydrogen-bond acceptors (Lipinski definition) is 4. The molecule has 0 bridgehead atoms. The summed E-state index contributed by atoms with van der Waals surface area (Å²) in [5, 5.41) is 39.9. The van der Waals surface area contributed by atoms with Crippen LogP contribution in [0.4, 0.5) is 0 Å². The topological polar surface area (TPSA) is 115 Å². The van der Waals surface area contributed by atoms with Gasteiger partial charge in [-0.05, 0) is 44.4 Å². The van der Waals surface area contributed by atoms with Gasteiger partial charge in [-0.25, -0.2) is 0 Å². The maximum atomic E-state index is 11.7. The van der Waals surface area contributed by atoms with Gasteiger partial charge in [0.15, 0.2) is 0 Å². The first-order valence-electron chi connectivity index (χ1n) is 7.34. The molecule has 0 aromatic rings. The van der Waals surface area contributed by atoms with Crippen molar-refractivity contribution in [3.05, 3.63) is 0 Å². The van der Waals surface area contributed by atoms with E-state index in [9.17, 15) is 30.0 Å². The fourth-order valence-electron chi connectivity index (χ4n) is 4.90. The molecule has 4 N–H and O–H groups in total. The van der Waals surface area contributed by atoms with Crippen LogP contribution in [0.3, 0.4) is 0 Å². The normalized spacial score (nSPS) is 50.2. The first-order chi connectivity index (χ1) is 9.48. The van der Waals surface area contributed by atoms with Crippen molar-refractivity contribution in [2.45, 2.75) is 58.2 Å². The Morgan fingerprint density at radius 3 is 2.14 bits per heavy atom. The summed E-state index contributed by atoms with van der Waals surface area (Å²) in [6.07, 6.45) is 0.472. The summed E-state index contributed by atoms with van der Waals surface area (Å²) in [6, 6.07) is 0. The van der Waals surface area contributed by atoms with E-state index in [-0.39, 0.29) is 6.42 Å². The lowest BCUT2D eigenvalue weighted by molar-refractivity contribution is -0.230. The van der Waals surface area contributed by atoms with E-state index < -0.39 is 46.3 Å². The van der Waals surface area contributed by atoms with Gasteiger partial charge in [0.1, 0.15) is 5.60 Å². The minimum Gasteiger partial charge on any atom is -0.481 e. The molecule has 0 unspecified atom stereocenters. The monoisotopic (exact) mass is 300 g/mol. The van der Waals surface area contributed by atoms with Crippen LogP contribution in [0.15, 0.2) is 0 Å². The number of carboxylic acids is 2. The van der Waals surface area contributed by atoms with Crippen LogP contribution in [-0.4, -0.2) is 44.1 Å². The third-order valence-electron chi connectivity index (χ3n) is 6.09. The van der Waals surface area contributed by atoms with Gasteiger partial charge in [-0.15, -0.1) is 0 Å². The Morgan fingerprint density at radius 1 is 1.10 bits per heavy atom. The minimum atomic E-state index is -1.76. The van der Waals surface area contributed by atoms with Crippen LogP contribution in [0.5, 0.6) is 0 Å². The molecule has 6 heteroatoms. The summed E-state index contributed by atoms with van der Waals surface area (Å²) >= 11 is 0. The van der Waals surface area contributed by atoms with Gasteiger partial charge >= 0.3 is 11.9 Å². The summed E-state index contributed by atoms with van der Waals surface area (Å²) in [5.41, 5.74) is -3.67. The van der Waals surface area contributed by atoms with Gasteiger partial charge < -0.3 is 20.4 Å². The zero-order valence-electron chi connectivity index (χ0n) is 12.7. The van der Waals surface area contributed by atoms with Crippen molar-refractivity contribution in [1.29, 1.82) is 0 Å². The van der Waals surface area contributed by atoms with Gasteiger partial charge in [0, 0.05) is 0 Å². The van der Waals surface area contributed by atoms with Crippen molar-refractivity contribution in [2.75, 3.05) is 0 Å². The number of carboxylic acid groups (broad SMARTS) is 2. The van der Waals surface area contributed by atoms with Gasteiger partial charge in [-0.2, -0.15) is 0 Å². The summed E-state index contributed by atoms with van der Waals surface area (Å²) in [6.45, 7) is 4.71. The second-order valence-corrected chi connectivity index (χ2v) is 7.38. The van der Waals surface area contributed by atoms with Gasteiger partial charge in [0.05, 0.1) is 17.4 Å². The van der Waals surface area contributed by atoms with Crippen LogP contribution in [-0.2, 0) is 9.59 Å². The highest BCUT2D eigenvalue weighted by molar-refractivity contribution is 5.77. The standard InChI is InChI=1S/C15H24O6/c1-13-5-4-6-14(2,12(19)20)8(13)7-9(16)15(3,21)10(13)11(17)18/h8-10,16,21H,4-7H2,1-3H3,(H,17,18)(H,19,20)/t8-,9-,10-,13+,14+,15-/m1/s1. The second kappa shape index (κ2) is 4.68. The van der Waals surface area contributed by atoms with E-state index in [1.165, 1.54) is 6.92 Å². The van der Waals surface area contributed by atoms with Crippen LogP contribution in [0.2, 0.25) is 0 Å². The molecule has 0 spiro atoms. The molecule has 0 aromatic heterocycles. The molecule has 2 rings (SSSR count). The van der Waals surface area contributed by atoms with Gasteiger partial charge in [0.2, 0.25) is 0 Å². The number of aliphatic carboxylic acids is 2. The lowest BCUT2D eigenvalue weighted by atomic mass is 9.44. The SMILES string of the molecule is C[C@@]1(O)[C@H](O)C[C@@H]2[C@](C)(CCC[C@]2(C)C(=O)O)[C@H]1C(=O)O. The maximum Gasteiger partial charge on any atom is 0.310 e. The fourth-order valence-corrected chi connectivity index (χ4v) is 4.90. The number of fused-ring (bicyclic) bond motifs is 1. The fraction of sp³-hybridized carbons (Fsp3) is 0.867. The lowest BCUT2D eigenvalue weighted by Gasteiger charge is -2.60. The summed E-state index contributed by atoms with van der Waals surface area (Å²) < 4.78 is 0. The van der Waals surface area contributed by atoms with Crippen molar-refractivity contribution in [3.8, 4) is 0 Å². The number of carbonyl (C=O) groups is 2. The molecule has 2 aliphatic rings. The lowest BCUT2D eigenvalue weighted by Crippen LogP contribution is -2.66. The number of rotatable bonds is 2. The maximum absolute atomic E-state index is 11.7. The van der Waals surface area contributed by atoms with Crippen molar-refractivity contribution < 1.29 is 30.0 Å². The van der Waals surface area contributed by atoms with Crippen LogP contribution >= 0.6 is 0 Å². The molecule has 6 atom stereocenters. The number of aliphatic hydroxyl groups is 2. The van der Waals surface area contributed by atoms with Crippen LogP contribution in [0.1, 0.15) is 46.5 Å². The Bertz CT molecular complexity index is 473. The molecule has 0 radical (unpaired) electrons. The van der Waals surface area contributed by atoms with E-state index in [0.717, 1.165) is 0 Å². The van der Waals surface area contributed by atoms with E-state index >= 15 is 0 Å². The van der Waals surface area contributed by atoms with Crippen LogP contribution in [0, 0.1) is 22.7 Å². The highest BCUT2D eigenvalue weighted by Crippen LogP contribution is 2.62. The third kappa shape index (κ3) is 2.07. The number of aliphatic hydroxyl groups excluding tert-OH is 1. The predicted molar refractivity (Wildman–Crippen MR) is 73.6 cm³/mol. The molecule has 21 heavy (non-hydrogen) atoms. The van der Waals surface area contributed by atoms with E-state index in [0.29, 0.717) is 19.3 Å². The highest BCUT2D eigenvalue weighted by atomic mass is 16.4. The molecule has 6 nitrogen and oxygen atoms in total. The molecule has 2 fully saturated rings. The molecule has 120 valence electrons. The van der Waals surface area contributed by atoms with E-state index in [2.05, 4.69) is 0 Å². The average Bonchev–Trinajstić information content (AvgIpc) is 2.31. The third-order valence-corrected chi connectivity index (χ3v) is 6.09. The van der Waals surface area contributed by atoms with E-state index in [4.69, 9.17) is 0 Å². The quantitative estimate of drug-likeness (QED) is 0.607. The minimum absolute atomic E-state index is 0.107. The smallest absolute Gasteiger partial charge is 0.310 e. The van der Waals surface area contributed by atoms with Crippen molar-refractivity contribution in [1.82, 2.24) is 0 Å². The Hall–Kier alpha value is -1.14. The molecular weight excluding hydrogens is 276 g/mol. The first kappa shape index (κ1) is 16.2. The van der Waals surface area contributed by atoms with Gasteiger partial charge in [0.25, 0.3) is 0 Å². The zero-order valence-corrected chi connectivity index (χ0v) is 12.7. The highest BCUT2D eigenvalue weighted by Gasteiger charge is 2.66. The van der Waals surface area contributed by atoms with Crippen molar-refractivity contribution in [3.63, 3.8) is 0 Å². The first-order valence-corrected chi connectivity index (χ1v) is 7.34. The second-order valence-electron chi connectivity index (χ2n) is 7.38. The van der Waals surface area contributed by atoms with Gasteiger partial charge in [-0.1, -0.05) is 13.3 Å². The van der Waals surface area contributed by atoms with E-state index in [1.807, 2.05) is 0 Å². The summed E-state index contributed by atoms with van der Waals surface area (Å²) in [4.78, 5) is 23.5. The molecule has 2 saturated carbocycles. The van der Waals surface area contributed by atoms with E-state index in [1.54, 1.807) is 13.8 Å². The van der Waals surface area contributed by atoms with Crippen molar-refractivity contribution in [2.24, 2.45) is 22.7 Å².